The first kappa shape index (κ1) is 18.9. The number of allylic oxidation sites excluding steroid dienone is 2. The van der Waals surface area contributed by atoms with Crippen LogP contribution in [-0.2, 0) is 25.6 Å². The molecule has 0 fully saturated rings. The van der Waals surface area contributed by atoms with Crippen molar-refractivity contribution >= 4 is 11.8 Å². The lowest BCUT2D eigenvalue weighted by atomic mass is 9.82. The monoisotopic (exact) mass is 398 g/mol. The lowest BCUT2D eigenvalue weighted by Crippen LogP contribution is -2.35. The molecule has 2 N–H and O–H groups in total. The maximum Gasteiger partial charge on any atom is 0.244 e. The number of hydrogen-bond donors (Lipinski definition) is 2. The second-order valence-electron chi connectivity index (χ2n) is 7.31. The Morgan fingerprint density at radius 3 is 2.66 bits per heavy atom. The zero-order valence-electron chi connectivity index (χ0n) is 16.0. The summed E-state index contributed by atoms with van der Waals surface area (Å²) in [5.41, 5.74) is 0.613. The Bertz CT molecular complexity index is 920. The fourth-order valence-electron chi connectivity index (χ4n) is 3.22. The number of carbonyl (C=O) groups is 2. The van der Waals surface area contributed by atoms with Crippen molar-refractivity contribution in [3.05, 3.63) is 59.6 Å². The molecule has 1 aromatic carbocycles. The Kier molecular flexibility index (Phi) is 5.16. The van der Waals surface area contributed by atoms with Crippen LogP contribution in [0.3, 0.4) is 0 Å². The van der Waals surface area contributed by atoms with Gasteiger partial charge in [0.05, 0.1) is 0 Å². The first-order chi connectivity index (χ1) is 14.0. The zero-order chi connectivity index (χ0) is 20.3. The Morgan fingerprint density at radius 1 is 1.03 bits per heavy atom. The van der Waals surface area contributed by atoms with Gasteiger partial charge in [0.25, 0.3) is 0 Å². The fourth-order valence-corrected chi connectivity index (χ4v) is 3.22. The van der Waals surface area contributed by atoms with E-state index >= 15 is 0 Å². The van der Waals surface area contributed by atoms with Gasteiger partial charge in [-0.05, 0) is 23.8 Å². The SMILES string of the molecule is CC1(CNC(=O)C=CC(=O)NCc2ccc3c(c2)OCO3)C=CC2=C(C1)OCO2. The second kappa shape index (κ2) is 7.90. The third-order valence-corrected chi connectivity index (χ3v) is 4.88. The van der Waals surface area contributed by atoms with Crippen LogP contribution in [0.1, 0.15) is 18.9 Å². The van der Waals surface area contributed by atoms with Gasteiger partial charge in [-0.3, -0.25) is 9.59 Å². The molecule has 29 heavy (non-hydrogen) atoms. The molecule has 4 rings (SSSR count). The normalized spacial score (nSPS) is 21.6. The number of nitrogens with one attached hydrogen (secondary N) is 2. The van der Waals surface area contributed by atoms with Crippen LogP contribution >= 0.6 is 0 Å². The number of benzene rings is 1. The van der Waals surface area contributed by atoms with E-state index in [1.807, 2.05) is 31.2 Å². The highest BCUT2D eigenvalue weighted by molar-refractivity contribution is 5.96. The summed E-state index contributed by atoms with van der Waals surface area (Å²) in [7, 11) is 0. The molecule has 1 unspecified atom stereocenters. The predicted molar refractivity (Wildman–Crippen MR) is 102 cm³/mol. The molecule has 1 atom stereocenters. The average molecular weight is 398 g/mol. The zero-order valence-corrected chi connectivity index (χ0v) is 16.0. The molecular weight excluding hydrogens is 376 g/mol. The number of fused-ring (bicyclic) bond motifs is 1. The third-order valence-electron chi connectivity index (χ3n) is 4.88. The summed E-state index contributed by atoms with van der Waals surface area (Å²) in [5, 5.41) is 5.56. The Hall–Kier alpha value is -3.42. The molecule has 8 heteroatoms. The van der Waals surface area contributed by atoms with Crippen LogP contribution in [0.15, 0.2) is 54.0 Å². The van der Waals surface area contributed by atoms with Crippen LogP contribution in [0.5, 0.6) is 11.5 Å². The highest BCUT2D eigenvalue weighted by Gasteiger charge is 2.31. The Labute approximate surface area is 168 Å². The van der Waals surface area contributed by atoms with E-state index in [2.05, 4.69) is 10.6 Å². The van der Waals surface area contributed by atoms with E-state index in [1.165, 1.54) is 12.2 Å². The second-order valence-corrected chi connectivity index (χ2v) is 7.31. The van der Waals surface area contributed by atoms with Crippen LogP contribution in [0.2, 0.25) is 0 Å². The van der Waals surface area contributed by atoms with Gasteiger partial charge in [0.2, 0.25) is 25.4 Å². The Morgan fingerprint density at radius 2 is 1.79 bits per heavy atom. The molecule has 2 aliphatic heterocycles. The topological polar surface area (TPSA) is 95.1 Å². The van der Waals surface area contributed by atoms with Crippen molar-refractivity contribution < 1.29 is 28.5 Å². The molecule has 0 bridgehead atoms. The number of rotatable bonds is 6. The lowest BCUT2D eigenvalue weighted by Gasteiger charge is -2.28. The van der Waals surface area contributed by atoms with Crippen molar-refractivity contribution in [2.24, 2.45) is 5.41 Å². The van der Waals surface area contributed by atoms with E-state index in [9.17, 15) is 9.59 Å². The molecule has 152 valence electrons. The largest absolute Gasteiger partial charge is 0.458 e. The van der Waals surface area contributed by atoms with Gasteiger partial charge in [-0.15, -0.1) is 0 Å². The average Bonchev–Trinajstić information content (AvgIpc) is 3.37. The highest BCUT2D eigenvalue weighted by atomic mass is 16.7. The summed E-state index contributed by atoms with van der Waals surface area (Å²) >= 11 is 0. The summed E-state index contributed by atoms with van der Waals surface area (Å²) in [6.45, 7) is 3.21. The minimum absolute atomic E-state index is 0.206. The van der Waals surface area contributed by atoms with Gasteiger partial charge in [0, 0.05) is 37.1 Å². The molecule has 1 aliphatic carbocycles. The van der Waals surface area contributed by atoms with Crippen molar-refractivity contribution in [2.45, 2.75) is 19.9 Å². The fraction of sp³-hybridized carbons (Fsp3) is 0.333. The van der Waals surface area contributed by atoms with Gasteiger partial charge in [0.15, 0.2) is 17.3 Å². The molecule has 0 radical (unpaired) electrons. The summed E-state index contributed by atoms with van der Waals surface area (Å²) < 4.78 is 21.3. The molecule has 1 aromatic rings. The molecule has 2 heterocycles. The maximum absolute atomic E-state index is 12.1. The van der Waals surface area contributed by atoms with Gasteiger partial charge in [-0.1, -0.05) is 19.1 Å². The molecule has 2 amide bonds. The number of amides is 2. The van der Waals surface area contributed by atoms with Crippen molar-refractivity contribution in [1.29, 1.82) is 0 Å². The molecule has 0 saturated carbocycles. The molecule has 0 aromatic heterocycles. The molecule has 3 aliphatic rings. The number of hydrogen-bond acceptors (Lipinski definition) is 6. The smallest absolute Gasteiger partial charge is 0.244 e. The van der Waals surface area contributed by atoms with Gasteiger partial charge >= 0.3 is 0 Å². The van der Waals surface area contributed by atoms with Crippen LogP contribution in [0, 0.1) is 5.41 Å². The maximum atomic E-state index is 12.1. The quantitative estimate of drug-likeness (QED) is 0.711. The standard InChI is InChI=1S/C21H22N2O6/c1-21(7-6-16-18(9-21)29-13-27-16)11-23-20(25)5-4-19(24)22-10-14-2-3-15-17(8-14)28-12-26-15/h2-8H,9-13H2,1H3,(H,22,24)(H,23,25). The summed E-state index contributed by atoms with van der Waals surface area (Å²) in [6, 6.07) is 5.47. The van der Waals surface area contributed by atoms with Gasteiger partial charge < -0.3 is 29.6 Å². The molecule has 0 spiro atoms. The Balaban J connectivity index is 1.21. The molecule has 0 saturated heterocycles. The summed E-state index contributed by atoms with van der Waals surface area (Å²) in [5.74, 6) is 2.23. The lowest BCUT2D eigenvalue weighted by molar-refractivity contribution is -0.119. The van der Waals surface area contributed by atoms with E-state index < -0.39 is 0 Å². The van der Waals surface area contributed by atoms with E-state index in [-0.39, 0.29) is 30.8 Å². The summed E-state index contributed by atoms with van der Waals surface area (Å²) in [6.07, 6.45) is 6.97. The van der Waals surface area contributed by atoms with Crippen LogP contribution < -0.4 is 20.1 Å². The number of ether oxygens (including phenoxy) is 4. The minimum Gasteiger partial charge on any atom is -0.458 e. The van der Waals surface area contributed by atoms with Crippen LogP contribution in [0.4, 0.5) is 0 Å². The van der Waals surface area contributed by atoms with Crippen molar-refractivity contribution in [3.63, 3.8) is 0 Å². The van der Waals surface area contributed by atoms with Crippen LogP contribution in [0.25, 0.3) is 0 Å². The van der Waals surface area contributed by atoms with E-state index in [1.54, 1.807) is 6.07 Å². The van der Waals surface area contributed by atoms with Crippen molar-refractivity contribution in [2.75, 3.05) is 20.1 Å². The van der Waals surface area contributed by atoms with E-state index in [0.29, 0.717) is 31.0 Å². The molecular formula is C21H22N2O6. The van der Waals surface area contributed by atoms with Crippen LogP contribution in [-0.4, -0.2) is 31.9 Å². The van der Waals surface area contributed by atoms with Gasteiger partial charge in [0.1, 0.15) is 5.76 Å². The molecule has 8 nitrogen and oxygen atoms in total. The van der Waals surface area contributed by atoms with Crippen molar-refractivity contribution in [3.8, 4) is 11.5 Å². The highest BCUT2D eigenvalue weighted by Crippen LogP contribution is 2.37. The first-order valence-electron chi connectivity index (χ1n) is 9.31. The summed E-state index contributed by atoms with van der Waals surface area (Å²) in [4.78, 5) is 24.0. The first-order valence-corrected chi connectivity index (χ1v) is 9.31. The van der Waals surface area contributed by atoms with Gasteiger partial charge in [-0.2, -0.15) is 0 Å². The van der Waals surface area contributed by atoms with E-state index in [0.717, 1.165) is 17.1 Å². The number of carbonyl (C=O) groups excluding carboxylic acids is 2. The minimum atomic E-state index is -0.354. The van der Waals surface area contributed by atoms with E-state index in [4.69, 9.17) is 18.9 Å². The van der Waals surface area contributed by atoms with Crippen molar-refractivity contribution in [1.82, 2.24) is 10.6 Å². The third kappa shape index (κ3) is 4.53. The van der Waals surface area contributed by atoms with Gasteiger partial charge in [-0.25, -0.2) is 0 Å². The predicted octanol–water partition coefficient (Wildman–Crippen LogP) is 1.89.